The number of nitrogens with one attached hydrogen (secondary N) is 2. The molecule has 0 bridgehead atoms. The van der Waals surface area contributed by atoms with Crippen LogP contribution >= 0.6 is 0 Å². The van der Waals surface area contributed by atoms with Gasteiger partial charge in [0.05, 0.1) is 5.39 Å². The molecule has 0 unspecified atom stereocenters. The van der Waals surface area contributed by atoms with Crippen LogP contribution in [0.5, 0.6) is 0 Å². The zero-order chi connectivity index (χ0) is 16.8. The molecule has 5 heteroatoms. The van der Waals surface area contributed by atoms with Gasteiger partial charge in [-0.15, -0.1) is 0 Å². The second-order valence-electron chi connectivity index (χ2n) is 8.14. The normalized spacial score (nSPS) is 20.6. The van der Waals surface area contributed by atoms with Gasteiger partial charge in [-0.05, 0) is 66.0 Å². The smallest absolute Gasteiger partial charge is 0.165 e. The lowest BCUT2D eigenvalue weighted by atomic mass is 9.79. The lowest BCUT2D eigenvalue weighted by Gasteiger charge is -2.46. The molecule has 1 fully saturated rings. The highest BCUT2D eigenvalue weighted by Gasteiger charge is 2.37. The Hall–Kier alpha value is -1.75. The zero-order valence-corrected chi connectivity index (χ0v) is 15.0. The molecule has 2 N–H and O–H groups in total. The zero-order valence-electron chi connectivity index (χ0n) is 15.0. The van der Waals surface area contributed by atoms with Crippen molar-refractivity contribution in [2.45, 2.75) is 71.5 Å². The molecule has 0 spiro atoms. The van der Waals surface area contributed by atoms with E-state index in [0.29, 0.717) is 6.04 Å². The number of aromatic nitrogens is 3. The van der Waals surface area contributed by atoms with Gasteiger partial charge in [0, 0.05) is 22.8 Å². The predicted octanol–water partition coefficient (Wildman–Crippen LogP) is 3.36. The van der Waals surface area contributed by atoms with Crippen LogP contribution in [0.2, 0.25) is 0 Å². The minimum absolute atomic E-state index is 0.103. The standard InChI is InChI=1S/C18H27N5/c1-11-7-12(2)21-15-14(11)16(20-10-19-15)22-13-8-17(3,4)23-18(5,6)9-13/h7,10,13,23H,8-9H2,1-6H3,(H,19,20,21,22). The van der Waals surface area contributed by atoms with Gasteiger partial charge in [-0.3, -0.25) is 0 Å². The van der Waals surface area contributed by atoms with Crippen molar-refractivity contribution in [2.24, 2.45) is 0 Å². The molecule has 0 aliphatic carbocycles. The topological polar surface area (TPSA) is 62.7 Å². The molecule has 1 saturated heterocycles. The van der Waals surface area contributed by atoms with E-state index >= 15 is 0 Å². The average molecular weight is 313 g/mol. The Balaban J connectivity index is 1.96. The van der Waals surface area contributed by atoms with Gasteiger partial charge in [0.25, 0.3) is 0 Å². The van der Waals surface area contributed by atoms with E-state index in [9.17, 15) is 0 Å². The first kappa shape index (κ1) is 16.1. The van der Waals surface area contributed by atoms with Crippen molar-refractivity contribution in [1.29, 1.82) is 0 Å². The van der Waals surface area contributed by atoms with E-state index in [1.54, 1.807) is 6.33 Å². The summed E-state index contributed by atoms with van der Waals surface area (Å²) in [5, 5.41) is 8.42. The average Bonchev–Trinajstić information content (AvgIpc) is 2.33. The van der Waals surface area contributed by atoms with Crippen molar-refractivity contribution in [3.05, 3.63) is 23.7 Å². The van der Waals surface area contributed by atoms with Crippen molar-refractivity contribution in [3.63, 3.8) is 0 Å². The quantitative estimate of drug-likeness (QED) is 0.890. The monoisotopic (exact) mass is 313 g/mol. The Morgan fingerprint density at radius 2 is 1.74 bits per heavy atom. The number of fused-ring (bicyclic) bond motifs is 1. The third-order valence-corrected chi connectivity index (χ3v) is 4.46. The van der Waals surface area contributed by atoms with Crippen LogP contribution in [0.25, 0.3) is 11.0 Å². The highest BCUT2D eigenvalue weighted by Crippen LogP contribution is 2.32. The summed E-state index contributed by atoms with van der Waals surface area (Å²) in [6.45, 7) is 13.1. The van der Waals surface area contributed by atoms with E-state index in [1.807, 2.05) is 6.92 Å². The number of nitrogens with zero attached hydrogens (tertiary/aromatic N) is 3. The van der Waals surface area contributed by atoms with E-state index < -0.39 is 0 Å². The second-order valence-corrected chi connectivity index (χ2v) is 8.14. The Morgan fingerprint density at radius 1 is 1.09 bits per heavy atom. The lowest BCUT2D eigenvalue weighted by molar-refractivity contribution is 0.170. The van der Waals surface area contributed by atoms with Crippen molar-refractivity contribution in [3.8, 4) is 0 Å². The molecule has 1 aliphatic heterocycles. The molecule has 0 amide bonds. The third kappa shape index (κ3) is 3.44. The summed E-state index contributed by atoms with van der Waals surface area (Å²) in [5.41, 5.74) is 3.14. The van der Waals surface area contributed by atoms with Gasteiger partial charge in [0.2, 0.25) is 0 Å². The number of piperidine rings is 1. The molecule has 3 heterocycles. The summed E-state index contributed by atoms with van der Waals surface area (Å²) in [6, 6.07) is 2.47. The number of rotatable bonds is 2. The number of hydrogen-bond donors (Lipinski definition) is 2. The van der Waals surface area contributed by atoms with Crippen LogP contribution in [0.4, 0.5) is 5.82 Å². The molecule has 2 aromatic heterocycles. The van der Waals surface area contributed by atoms with Crippen molar-refractivity contribution >= 4 is 16.9 Å². The van der Waals surface area contributed by atoms with Gasteiger partial charge in [0.1, 0.15) is 12.1 Å². The van der Waals surface area contributed by atoms with Crippen LogP contribution in [-0.4, -0.2) is 32.1 Å². The summed E-state index contributed by atoms with van der Waals surface area (Å²) in [4.78, 5) is 13.4. The van der Waals surface area contributed by atoms with Gasteiger partial charge in [-0.1, -0.05) is 0 Å². The van der Waals surface area contributed by atoms with E-state index in [1.165, 1.54) is 5.56 Å². The highest BCUT2D eigenvalue weighted by atomic mass is 15.1. The summed E-state index contributed by atoms with van der Waals surface area (Å²) >= 11 is 0. The first-order chi connectivity index (χ1) is 10.7. The van der Waals surface area contributed by atoms with Gasteiger partial charge in [-0.2, -0.15) is 0 Å². The van der Waals surface area contributed by atoms with E-state index in [-0.39, 0.29) is 11.1 Å². The lowest BCUT2D eigenvalue weighted by Crippen LogP contribution is -2.60. The fraction of sp³-hybridized carbons (Fsp3) is 0.611. The molecule has 5 nitrogen and oxygen atoms in total. The number of aryl methyl sites for hydroxylation is 2. The molecule has 0 saturated carbocycles. The Bertz CT molecular complexity index is 720. The van der Waals surface area contributed by atoms with Crippen molar-refractivity contribution in [2.75, 3.05) is 5.32 Å². The van der Waals surface area contributed by atoms with Crippen LogP contribution < -0.4 is 10.6 Å². The van der Waals surface area contributed by atoms with Crippen LogP contribution in [-0.2, 0) is 0 Å². The largest absolute Gasteiger partial charge is 0.367 e. The van der Waals surface area contributed by atoms with Gasteiger partial charge in [0.15, 0.2) is 5.65 Å². The minimum Gasteiger partial charge on any atom is -0.367 e. The van der Waals surface area contributed by atoms with E-state index in [0.717, 1.165) is 35.4 Å². The Kier molecular flexibility index (Phi) is 3.79. The van der Waals surface area contributed by atoms with E-state index in [2.05, 4.69) is 66.3 Å². The Labute approximate surface area is 138 Å². The van der Waals surface area contributed by atoms with Crippen molar-refractivity contribution in [1.82, 2.24) is 20.3 Å². The summed E-state index contributed by atoms with van der Waals surface area (Å²) in [5.74, 6) is 0.901. The fourth-order valence-corrected chi connectivity index (χ4v) is 4.14. The summed E-state index contributed by atoms with van der Waals surface area (Å²) in [6.07, 6.45) is 3.72. The number of anilines is 1. The van der Waals surface area contributed by atoms with Crippen LogP contribution in [0.1, 0.15) is 51.8 Å². The molecule has 124 valence electrons. The molecular weight excluding hydrogens is 286 g/mol. The second kappa shape index (κ2) is 5.41. The molecular formula is C18H27N5. The first-order valence-electron chi connectivity index (χ1n) is 8.30. The molecule has 0 atom stereocenters. The third-order valence-electron chi connectivity index (χ3n) is 4.46. The van der Waals surface area contributed by atoms with E-state index in [4.69, 9.17) is 0 Å². The van der Waals surface area contributed by atoms with Crippen LogP contribution in [0.3, 0.4) is 0 Å². The van der Waals surface area contributed by atoms with Crippen LogP contribution in [0.15, 0.2) is 12.4 Å². The molecule has 0 radical (unpaired) electrons. The molecule has 0 aromatic carbocycles. The number of pyridine rings is 1. The summed E-state index contributed by atoms with van der Waals surface area (Å²) < 4.78 is 0. The molecule has 23 heavy (non-hydrogen) atoms. The maximum absolute atomic E-state index is 4.54. The molecule has 3 rings (SSSR count). The van der Waals surface area contributed by atoms with Crippen LogP contribution in [0, 0.1) is 13.8 Å². The number of hydrogen-bond acceptors (Lipinski definition) is 5. The maximum atomic E-state index is 4.54. The SMILES string of the molecule is Cc1cc(C)c2c(NC3CC(C)(C)NC(C)(C)C3)ncnc2n1. The maximum Gasteiger partial charge on any atom is 0.165 e. The predicted molar refractivity (Wildman–Crippen MR) is 94.7 cm³/mol. The highest BCUT2D eigenvalue weighted by molar-refractivity contribution is 5.89. The Morgan fingerprint density at radius 3 is 2.39 bits per heavy atom. The van der Waals surface area contributed by atoms with Gasteiger partial charge < -0.3 is 10.6 Å². The molecule has 1 aliphatic rings. The van der Waals surface area contributed by atoms with Gasteiger partial charge >= 0.3 is 0 Å². The van der Waals surface area contributed by atoms with Gasteiger partial charge in [-0.25, -0.2) is 15.0 Å². The fourth-order valence-electron chi connectivity index (χ4n) is 4.14. The van der Waals surface area contributed by atoms with Crippen molar-refractivity contribution < 1.29 is 0 Å². The summed E-state index contributed by atoms with van der Waals surface area (Å²) in [7, 11) is 0. The minimum atomic E-state index is 0.103. The first-order valence-corrected chi connectivity index (χ1v) is 8.30. The molecule has 2 aromatic rings.